The molecule has 0 aliphatic carbocycles. The highest BCUT2D eigenvalue weighted by Crippen LogP contribution is 2.26. The van der Waals surface area contributed by atoms with Crippen LogP contribution in [0.15, 0.2) is 79.1 Å². The smallest absolute Gasteiger partial charge is 0.147 e. The molecule has 0 spiro atoms. The minimum Gasteiger partial charge on any atom is -0.497 e. The predicted molar refractivity (Wildman–Crippen MR) is 122 cm³/mol. The van der Waals surface area contributed by atoms with Gasteiger partial charge in [0.2, 0.25) is 0 Å². The summed E-state index contributed by atoms with van der Waals surface area (Å²) in [4.78, 5) is 14.1. The number of methoxy groups -OCH3 is 1. The second-order valence-electron chi connectivity index (χ2n) is 7.50. The van der Waals surface area contributed by atoms with E-state index in [9.17, 15) is 0 Å². The lowest BCUT2D eigenvalue weighted by molar-refractivity contribution is 0.414. The Morgan fingerprint density at radius 1 is 0.767 bits per heavy atom. The summed E-state index contributed by atoms with van der Waals surface area (Å²) in [6.45, 7) is 3.70. The second kappa shape index (κ2) is 8.03. The molecule has 1 aliphatic heterocycles. The maximum atomic E-state index is 5.36. The van der Waals surface area contributed by atoms with E-state index in [0.717, 1.165) is 49.0 Å². The number of anilines is 2. The molecule has 0 unspecified atom stereocenters. The lowest BCUT2D eigenvalue weighted by Gasteiger charge is -2.36. The molecule has 1 aromatic heterocycles. The van der Waals surface area contributed by atoms with Crippen LogP contribution in [0, 0.1) is 0 Å². The zero-order valence-corrected chi connectivity index (χ0v) is 17.0. The Kier molecular flexibility index (Phi) is 4.93. The first-order valence-electron chi connectivity index (χ1n) is 10.3. The molecule has 0 amide bonds. The van der Waals surface area contributed by atoms with Gasteiger partial charge in [-0.3, -0.25) is 4.98 Å². The van der Waals surface area contributed by atoms with Gasteiger partial charge in [-0.15, -0.1) is 0 Å². The van der Waals surface area contributed by atoms with Gasteiger partial charge in [-0.25, -0.2) is 4.98 Å². The number of piperazine rings is 1. The molecule has 1 fully saturated rings. The number of hydrogen-bond donors (Lipinski definition) is 0. The summed E-state index contributed by atoms with van der Waals surface area (Å²) in [7, 11) is 1.71. The normalized spacial score (nSPS) is 14.2. The van der Waals surface area contributed by atoms with E-state index >= 15 is 0 Å². The Morgan fingerprint density at radius 2 is 1.57 bits per heavy atom. The number of ether oxygens (including phenoxy) is 1. The minimum atomic E-state index is 0.892. The molecule has 150 valence electrons. The van der Waals surface area contributed by atoms with E-state index in [-0.39, 0.29) is 0 Å². The number of fused-ring (bicyclic) bond motifs is 1. The molecule has 0 saturated carbocycles. The molecule has 30 heavy (non-hydrogen) atoms. The Bertz CT molecular complexity index is 1170. The van der Waals surface area contributed by atoms with Crippen molar-refractivity contribution in [3.63, 3.8) is 0 Å². The van der Waals surface area contributed by atoms with Crippen molar-refractivity contribution in [2.24, 2.45) is 0 Å². The SMILES string of the molecule is COc1cccc(N2CCN(c3cncc(-c4ccc5ccccc5c4)n3)CC2)c1. The number of aromatic nitrogens is 2. The fourth-order valence-electron chi connectivity index (χ4n) is 4.00. The zero-order chi connectivity index (χ0) is 20.3. The summed E-state index contributed by atoms with van der Waals surface area (Å²) in [6.07, 6.45) is 3.71. The lowest BCUT2D eigenvalue weighted by Crippen LogP contribution is -2.46. The third kappa shape index (κ3) is 3.66. The van der Waals surface area contributed by atoms with E-state index < -0.39 is 0 Å². The monoisotopic (exact) mass is 396 g/mol. The average Bonchev–Trinajstić information content (AvgIpc) is 2.84. The van der Waals surface area contributed by atoms with Gasteiger partial charge in [-0.2, -0.15) is 0 Å². The average molecular weight is 396 g/mol. The van der Waals surface area contributed by atoms with E-state index in [1.54, 1.807) is 7.11 Å². The number of nitrogens with zero attached hydrogens (tertiary/aromatic N) is 4. The first kappa shape index (κ1) is 18.4. The van der Waals surface area contributed by atoms with Gasteiger partial charge in [0.15, 0.2) is 0 Å². The predicted octanol–water partition coefficient (Wildman–Crippen LogP) is 4.63. The van der Waals surface area contributed by atoms with Crippen molar-refractivity contribution in [1.82, 2.24) is 9.97 Å². The van der Waals surface area contributed by atoms with Gasteiger partial charge >= 0.3 is 0 Å². The summed E-state index contributed by atoms with van der Waals surface area (Å²) in [5.74, 6) is 1.83. The zero-order valence-electron chi connectivity index (χ0n) is 17.0. The molecule has 0 atom stereocenters. The number of rotatable bonds is 4. The van der Waals surface area contributed by atoms with Gasteiger partial charge < -0.3 is 14.5 Å². The lowest BCUT2D eigenvalue weighted by atomic mass is 10.1. The van der Waals surface area contributed by atoms with Crippen LogP contribution in [0.3, 0.4) is 0 Å². The van der Waals surface area contributed by atoms with Gasteiger partial charge in [0, 0.05) is 43.5 Å². The molecule has 1 saturated heterocycles. The van der Waals surface area contributed by atoms with Gasteiger partial charge in [-0.1, -0.05) is 42.5 Å². The summed E-state index contributed by atoms with van der Waals surface area (Å²) in [6, 6.07) is 23.1. The van der Waals surface area contributed by atoms with Gasteiger partial charge in [-0.05, 0) is 29.0 Å². The molecule has 5 nitrogen and oxygen atoms in total. The Hall–Kier alpha value is -3.60. The van der Waals surface area contributed by atoms with Crippen molar-refractivity contribution in [2.45, 2.75) is 0 Å². The summed E-state index contributed by atoms with van der Waals surface area (Å²) >= 11 is 0. The molecular weight excluding hydrogens is 372 g/mol. The quantitative estimate of drug-likeness (QED) is 0.503. The van der Waals surface area contributed by atoms with E-state index in [2.05, 4.69) is 69.4 Å². The van der Waals surface area contributed by atoms with Crippen LogP contribution >= 0.6 is 0 Å². The van der Waals surface area contributed by atoms with Crippen LogP contribution in [-0.2, 0) is 0 Å². The largest absolute Gasteiger partial charge is 0.497 e. The summed E-state index contributed by atoms with van der Waals surface area (Å²) in [5, 5.41) is 2.45. The van der Waals surface area contributed by atoms with E-state index in [4.69, 9.17) is 9.72 Å². The topological polar surface area (TPSA) is 41.5 Å². The Morgan fingerprint density at radius 3 is 2.40 bits per heavy atom. The number of benzene rings is 3. The van der Waals surface area contributed by atoms with Crippen molar-refractivity contribution < 1.29 is 4.74 Å². The minimum absolute atomic E-state index is 0.892. The van der Waals surface area contributed by atoms with Crippen LogP contribution in [-0.4, -0.2) is 43.3 Å². The second-order valence-corrected chi connectivity index (χ2v) is 7.50. The van der Waals surface area contributed by atoms with Crippen molar-refractivity contribution in [2.75, 3.05) is 43.1 Å². The highest BCUT2D eigenvalue weighted by atomic mass is 16.5. The molecule has 0 bridgehead atoms. The van der Waals surface area contributed by atoms with Crippen LogP contribution < -0.4 is 14.5 Å². The summed E-state index contributed by atoms with van der Waals surface area (Å²) in [5.41, 5.74) is 3.21. The van der Waals surface area contributed by atoms with E-state index in [1.165, 1.54) is 16.5 Å². The van der Waals surface area contributed by atoms with Gasteiger partial charge in [0.25, 0.3) is 0 Å². The third-order valence-electron chi connectivity index (χ3n) is 5.69. The Balaban J connectivity index is 1.33. The summed E-state index contributed by atoms with van der Waals surface area (Å²) < 4.78 is 5.36. The molecule has 2 heterocycles. The van der Waals surface area contributed by atoms with Crippen LogP contribution in [0.2, 0.25) is 0 Å². The van der Waals surface area contributed by atoms with Crippen LogP contribution in [0.5, 0.6) is 5.75 Å². The fraction of sp³-hybridized carbons (Fsp3) is 0.200. The molecule has 1 aliphatic rings. The van der Waals surface area contributed by atoms with Crippen molar-refractivity contribution >= 4 is 22.3 Å². The highest BCUT2D eigenvalue weighted by Gasteiger charge is 2.19. The van der Waals surface area contributed by atoms with Crippen LogP contribution in [0.4, 0.5) is 11.5 Å². The van der Waals surface area contributed by atoms with Crippen molar-refractivity contribution in [3.8, 4) is 17.0 Å². The highest BCUT2D eigenvalue weighted by molar-refractivity contribution is 5.86. The van der Waals surface area contributed by atoms with Crippen LogP contribution in [0.25, 0.3) is 22.0 Å². The molecule has 4 aromatic rings. The molecule has 3 aromatic carbocycles. The van der Waals surface area contributed by atoms with Crippen molar-refractivity contribution in [3.05, 3.63) is 79.1 Å². The molecule has 5 rings (SSSR count). The first-order chi connectivity index (χ1) is 14.8. The molecule has 5 heteroatoms. The van der Waals surface area contributed by atoms with E-state index in [0.29, 0.717) is 0 Å². The van der Waals surface area contributed by atoms with Gasteiger partial charge in [0.1, 0.15) is 11.6 Å². The molecule has 0 radical (unpaired) electrons. The third-order valence-corrected chi connectivity index (χ3v) is 5.69. The maximum absolute atomic E-state index is 5.36. The van der Waals surface area contributed by atoms with Crippen molar-refractivity contribution in [1.29, 1.82) is 0 Å². The standard InChI is InChI=1S/C25H24N4O/c1-30-23-8-4-7-22(16-23)28-11-13-29(14-12-28)25-18-26-17-24(27-25)21-10-9-19-5-2-3-6-20(19)15-21/h2-10,15-18H,11-14H2,1H3. The molecule has 0 N–H and O–H groups in total. The molecular formula is C25H24N4O. The fourth-order valence-corrected chi connectivity index (χ4v) is 4.00. The van der Waals surface area contributed by atoms with E-state index in [1.807, 2.05) is 24.5 Å². The maximum Gasteiger partial charge on any atom is 0.147 e. The van der Waals surface area contributed by atoms with Crippen LogP contribution in [0.1, 0.15) is 0 Å². The number of hydrogen-bond acceptors (Lipinski definition) is 5. The Labute approximate surface area is 176 Å². The first-order valence-corrected chi connectivity index (χ1v) is 10.3. The van der Waals surface area contributed by atoms with Gasteiger partial charge in [0.05, 0.1) is 25.2 Å².